The molecule has 1 heterocycles. The summed E-state index contributed by atoms with van der Waals surface area (Å²) in [7, 11) is 1.59. The number of aromatic amines is 1. The quantitative estimate of drug-likeness (QED) is 0.801. The average Bonchev–Trinajstić information content (AvgIpc) is 2.55. The highest BCUT2D eigenvalue weighted by Gasteiger charge is 2.12. The third-order valence-corrected chi connectivity index (χ3v) is 2.59. The predicted octanol–water partition coefficient (Wildman–Crippen LogP) is 2.32. The zero-order chi connectivity index (χ0) is 10.1. The summed E-state index contributed by atoms with van der Waals surface area (Å²) >= 11 is 6.07. The van der Waals surface area contributed by atoms with Crippen LogP contribution in [0.5, 0.6) is 5.75 Å². The van der Waals surface area contributed by atoms with Gasteiger partial charge in [0.15, 0.2) is 0 Å². The number of rotatable bonds is 2. The van der Waals surface area contributed by atoms with Crippen molar-refractivity contribution in [2.75, 3.05) is 7.11 Å². The van der Waals surface area contributed by atoms with Gasteiger partial charge in [0.1, 0.15) is 5.75 Å². The number of nitrogens with one attached hydrogen (secondary N) is 1. The van der Waals surface area contributed by atoms with Crippen LogP contribution in [0.2, 0.25) is 5.02 Å². The van der Waals surface area contributed by atoms with Gasteiger partial charge in [-0.25, -0.2) is 0 Å². The molecule has 0 saturated carbocycles. The zero-order valence-electron chi connectivity index (χ0n) is 7.67. The highest BCUT2D eigenvalue weighted by Crippen LogP contribution is 2.34. The first-order valence-corrected chi connectivity index (χ1v) is 4.59. The molecule has 1 aromatic carbocycles. The maximum Gasteiger partial charge on any atom is 0.129 e. The van der Waals surface area contributed by atoms with Crippen molar-refractivity contribution in [3.05, 3.63) is 28.9 Å². The van der Waals surface area contributed by atoms with Gasteiger partial charge in [-0.15, -0.1) is 0 Å². The Morgan fingerprint density at radius 2 is 2.29 bits per heavy atom. The van der Waals surface area contributed by atoms with Crippen LogP contribution in [0.4, 0.5) is 0 Å². The van der Waals surface area contributed by atoms with E-state index in [9.17, 15) is 0 Å². The van der Waals surface area contributed by atoms with Gasteiger partial charge in [0.2, 0.25) is 0 Å². The Bertz CT molecular complexity index is 464. The number of fused-ring (bicyclic) bond motifs is 1. The summed E-state index contributed by atoms with van der Waals surface area (Å²) in [5, 5.41) is 10.4. The molecule has 0 amide bonds. The van der Waals surface area contributed by atoms with Gasteiger partial charge < -0.3 is 14.8 Å². The van der Waals surface area contributed by atoms with Crippen LogP contribution in [0, 0.1) is 0 Å². The van der Waals surface area contributed by atoms with Gasteiger partial charge in [0, 0.05) is 0 Å². The second kappa shape index (κ2) is 3.52. The lowest BCUT2D eigenvalue weighted by Gasteiger charge is -2.00. The van der Waals surface area contributed by atoms with Crippen LogP contribution >= 0.6 is 11.6 Å². The van der Waals surface area contributed by atoms with E-state index in [2.05, 4.69) is 4.98 Å². The number of hydrogen-bond acceptors (Lipinski definition) is 2. The Hall–Kier alpha value is -1.19. The first-order valence-electron chi connectivity index (χ1n) is 4.22. The molecule has 14 heavy (non-hydrogen) atoms. The molecule has 0 radical (unpaired) electrons. The molecule has 3 nitrogen and oxygen atoms in total. The monoisotopic (exact) mass is 211 g/mol. The number of aliphatic hydroxyl groups is 1. The lowest BCUT2D eigenvalue weighted by Crippen LogP contribution is -1.83. The molecule has 0 aliphatic rings. The van der Waals surface area contributed by atoms with E-state index in [-0.39, 0.29) is 6.61 Å². The maximum atomic E-state index is 9.03. The molecule has 0 unspecified atom stereocenters. The summed E-state index contributed by atoms with van der Waals surface area (Å²) in [6, 6.07) is 5.60. The largest absolute Gasteiger partial charge is 0.496 e. The molecule has 0 spiro atoms. The number of ether oxygens (including phenoxy) is 1. The summed E-state index contributed by atoms with van der Waals surface area (Å²) in [5.74, 6) is 0.712. The fourth-order valence-electron chi connectivity index (χ4n) is 1.51. The van der Waals surface area contributed by atoms with Crippen LogP contribution in [0.1, 0.15) is 5.69 Å². The van der Waals surface area contributed by atoms with Gasteiger partial charge in [-0.1, -0.05) is 17.7 Å². The lowest BCUT2D eigenvalue weighted by atomic mass is 10.2. The molecule has 4 heteroatoms. The van der Waals surface area contributed by atoms with Gasteiger partial charge in [0.25, 0.3) is 0 Å². The summed E-state index contributed by atoms with van der Waals surface area (Å²) in [4.78, 5) is 3.03. The van der Waals surface area contributed by atoms with E-state index in [1.165, 1.54) is 0 Å². The molecule has 0 saturated heterocycles. The van der Waals surface area contributed by atoms with Crippen molar-refractivity contribution >= 4 is 22.5 Å². The Labute approximate surface area is 86.3 Å². The molecule has 1 aromatic heterocycles. The minimum absolute atomic E-state index is 0.101. The Balaban J connectivity index is 2.79. The van der Waals surface area contributed by atoms with Crippen LogP contribution in [-0.2, 0) is 6.61 Å². The van der Waals surface area contributed by atoms with Crippen molar-refractivity contribution in [3.63, 3.8) is 0 Å². The maximum absolute atomic E-state index is 9.03. The molecule has 2 rings (SSSR count). The molecule has 0 fully saturated rings. The summed E-state index contributed by atoms with van der Waals surface area (Å²) in [6.07, 6.45) is 0. The summed E-state index contributed by atoms with van der Waals surface area (Å²) < 4.78 is 5.18. The molecule has 0 atom stereocenters. The van der Waals surface area contributed by atoms with Crippen LogP contribution in [0.25, 0.3) is 10.9 Å². The third-order valence-electron chi connectivity index (χ3n) is 2.17. The lowest BCUT2D eigenvalue weighted by molar-refractivity contribution is 0.278. The van der Waals surface area contributed by atoms with Crippen molar-refractivity contribution in [1.82, 2.24) is 4.98 Å². The molecular weight excluding hydrogens is 202 g/mol. The highest BCUT2D eigenvalue weighted by molar-refractivity contribution is 6.37. The number of methoxy groups -OCH3 is 1. The van der Waals surface area contributed by atoms with E-state index in [1.807, 2.05) is 18.2 Å². The first kappa shape index (κ1) is 9.37. The van der Waals surface area contributed by atoms with Gasteiger partial charge in [0.05, 0.1) is 35.3 Å². The Morgan fingerprint density at radius 1 is 1.50 bits per heavy atom. The second-order valence-electron chi connectivity index (χ2n) is 2.96. The van der Waals surface area contributed by atoms with Crippen molar-refractivity contribution < 1.29 is 9.84 Å². The molecule has 0 bridgehead atoms. The van der Waals surface area contributed by atoms with Crippen molar-refractivity contribution in [2.45, 2.75) is 6.61 Å². The Kier molecular flexibility index (Phi) is 2.35. The van der Waals surface area contributed by atoms with Crippen molar-refractivity contribution in [1.29, 1.82) is 0 Å². The second-order valence-corrected chi connectivity index (χ2v) is 3.34. The van der Waals surface area contributed by atoms with Crippen molar-refractivity contribution in [3.8, 4) is 5.75 Å². The van der Waals surface area contributed by atoms with E-state index >= 15 is 0 Å². The van der Waals surface area contributed by atoms with Crippen LogP contribution in [0.3, 0.4) is 0 Å². The van der Waals surface area contributed by atoms with E-state index in [0.717, 1.165) is 10.9 Å². The van der Waals surface area contributed by atoms with Crippen molar-refractivity contribution in [2.24, 2.45) is 0 Å². The topological polar surface area (TPSA) is 45.2 Å². The Morgan fingerprint density at radius 3 is 2.93 bits per heavy atom. The third kappa shape index (κ3) is 1.25. The van der Waals surface area contributed by atoms with Gasteiger partial charge in [-0.05, 0) is 12.1 Å². The summed E-state index contributed by atoms with van der Waals surface area (Å²) in [6.45, 7) is -0.101. The number of aliphatic hydroxyl groups excluding tert-OH is 1. The predicted molar refractivity (Wildman–Crippen MR) is 55.8 cm³/mol. The van der Waals surface area contributed by atoms with Crippen LogP contribution in [0.15, 0.2) is 18.2 Å². The van der Waals surface area contributed by atoms with Gasteiger partial charge in [-0.3, -0.25) is 0 Å². The smallest absolute Gasteiger partial charge is 0.129 e. The molecule has 2 aromatic rings. The normalized spacial score (nSPS) is 10.8. The van der Waals surface area contributed by atoms with E-state index in [1.54, 1.807) is 7.11 Å². The molecule has 0 aliphatic carbocycles. The average molecular weight is 212 g/mol. The minimum atomic E-state index is -0.101. The molecule has 74 valence electrons. The number of aromatic nitrogens is 1. The molecular formula is C10H10ClNO2. The molecule has 0 aliphatic heterocycles. The van der Waals surface area contributed by atoms with Gasteiger partial charge >= 0.3 is 0 Å². The number of H-pyrrole nitrogens is 1. The molecule has 2 N–H and O–H groups in total. The van der Waals surface area contributed by atoms with Crippen LogP contribution in [-0.4, -0.2) is 17.2 Å². The number of benzene rings is 1. The SMILES string of the molecule is COc1cccc2[nH]c(CO)c(Cl)c12. The van der Waals surface area contributed by atoms with E-state index < -0.39 is 0 Å². The van der Waals surface area contributed by atoms with E-state index in [0.29, 0.717) is 16.5 Å². The summed E-state index contributed by atoms with van der Waals surface area (Å²) in [5.41, 5.74) is 1.49. The first-order chi connectivity index (χ1) is 6.77. The van der Waals surface area contributed by atoms with Gasteiger partial charge in [-0.2, -0.15) is 0 Å². The fourth-order valence-corrected chi connectivity index (χ4v) is 1.81. The standard InChI is InChI=1S/C10H10ClNO2/c1-14-8-4-2-3-6-9(8)10(11)7(5-13)12-6/h2-4,12-13H,5H2,1H3. The van der Waals surface area contributed by atoms with E-state index in [4.69, 9.17) is 21.4 Å². The fraction of sp³-hybridized carbons (Fsp3) is 0.200. The highest BCUT2D eigenvalue weighted by atomic mass is 35.5. The zero-order valence-corrected chi connectivity index (χ0v) is 8.43. The number of halogens is 1. The number of hydrogen-bond donors (Lipinski definition) is 2. The van der Waals surface area contributed by atoms with Crippen LogP contribution < -0.4 is 4.74 Å². The minimum Gasteiger partial charge on any atom is -0.496 e.